The van der Waals surface area contributed by atoms with Crippen LogP contribution in [0.5, 0.6) is 0 Å². The van der Waals surface area contributed by atoms with Crippen molar-refractivity contribution < 1.29 is 19.1 Å². The van der Waals surface area contributed by atoms with E-state index in [1.807, 2.05) is 32.0 Å². The first-order valence-corrected chi connectivity index (χ1v) is 6.82. The fourth-order valence-corrected chi connectivity index (χ4v) is 2.10. The van der Waals surface area contributed by atoms with Crippen molar-refractivity contribution in [3.8, 4) is 0 Å². The first-order valence-electron chi connectivity index (χ1n) is 5.83. The minimum atomic E-state index is -0.976. The van der Waals surface area contributed by atoms with Gasteiger partial charge in [-0.25, -0.2) is 4.79 Å². The number of carbonyl (C=O) groups excluding carboxylic acids is 3. The molecule has 1 aromatic carbocycles. The number of imide groups is 1. The van der Waals surface area contributed by atoms with Crippen molar-refractivity contribution in [2.75, 3.05) is 12.4 Å². The van der Waals surface area contributed by atoms with Crippen LogP contribution in [0.1, 0.15) is 11.1 Å². The molecule has 20 heavy (non-hydrogen) atoms. The SMILES string of the molecule is Cc1ccc(SCC(=O)OCC(=O)NC(N)=O)cc1C. The zero-order chi connectivity index (χ0) is 15.1. The number of primary amides is 1. The van der Waals surface area contributed by atoms with Crippen molar-refractivity contribution in [2.45, 2.75) is 18.7 Å². The van der Waals surface area contributed by atoms with Crippen LogP contribution in [-0.2, 0) is 14.3 Å². The number of hydrogen-bond acceptors (Lipinski definition) is 5. The van der Waals surface area contributed by atoms with E-state index in [4.69, 9.17) is 10.5 Å². The number of nitrogens with one attached hydrogen (secondary N) is 1. The second-order valence-corrected chi connectivity index (χ2v) is 5.16. The summed E-state index contributed by atoms with van der Waals surface area (Å²) in [5.74, 6) is -1.19. The molecule has 7 heteroatoms. The van der Waals surface area contributed by atoms with Crippen molar-refractivity contribution in [2.24, 2.45) is 5.73 Å². The molecule has 3 N–H and O–H groups in total. The van der Waals surface area contributed by atoms with Gasteiger partial charge in [-0.05, 0) is 37.1 Å². The van der Waals surface area contributed by atoms with E-state index in [0.29, 0.717) is 0 Å². The quantitative estimate of drug-likeness (QED) is 0.627. The lowest BCUT2D eigenvalue weighted by Crippen LogP contribution is -2.37. The topological polar surface area (TPSA) is 98.5 Å². The highest BCUT2D eigenvalue weighted by molar-refractivity contribution is 8.00. The number of amides is 3. The number of nitrogens with two attached hydrogens (primary N) is 1. The summed E-state index contributed by atoms with van der Waals surface area (Å²) in [6.45, 7) is 3.48. The molecule has 1 aromatic rings. The Kier molecular flexibility index (Phi) is 6.05. The first-order chi connectivity index (χ1) is 9.38. The van der Waals surface area contributed by atoms with E-state index < -0.39 is 24.5 Å². The molecule has 108 valence electrons. The second kappa shape index (κ2) is 7.54. The zero-order valence-corrected chi connectivity index (χ0v) is 12.1. The molecule has 0 atom stereocenters. The summed E-state index contributed by atoms with van der Waals surface area (Å²) in [6.07, 6.45) is 0. The van der Waals surface area contributed by atoms with Gasteiger partial charge in [-0.2, -0.15) is 0 Å². The Bertz CT molecular complexity index is 531. The predicted octanol–water partition coefficient (Wildman–Crippen LogP) is 1.13. The highest BCUT2D eigenvalue weighted by Crippen LogP contribution is 2.20. The minimum absolute atomic E-state index is 0.0896. The molecule has 0 aliphatic carbocycles. The van der Waals surface area contributed by atoms with Crippen molar-refractivity contribution >= 4 is 29.7 Å². The fraction of sp³-hybridized carbons (Fsp3) is 0.308. The third-order valence-corrected chi connectivity index (χ3v) is 3.43. The summed E-state index contributed by atoms with van der Waals surface area (Å²) < 4.78 is 4.70. The lowest BCUT2D eigenvalue weighted by atomic mass is 10.1. The molecule has 0 spiro atoms. The Morgan fingerprint density at radius 1 is 1.25 bits per heavy atom. The van der Waals surface area contributed by atoms with Gasteiger partial charge >= 0.3 is 12.0 Å². The molecule has 0 aliphatic heterocycles. The van der Waals surface area contributed by atoms with E-state index in [2.05, 4.69) is 0 Å². The molecule has 1 rings (SSSR count). The fourth-order valence-electron chi connectivity index (χ4n) is 1.31. The summed E-state index contributed by atoms with van der Waals surface area (Å²) in [4.78, 5) is 33.8. The van der Waals surface area contributed by atoms with E-state index in [1.165, 1.54) is 17.3 Å². The second-order valence-electron chi connectivity index (χ2n) is 4.11. The lowest BCUT2D eigenvalue weighted by Gasteiger charge is -2.06. The van der Waals surface area contributed by atoms with E-state index in [-0.39, 0.29) is 5.75 Å². The van der Waals surface area contributed by atoms with Gasteiger partial charge in [0.25, 0.3) is 5.91 Å². The van der Waals surface area contributed by atoms with Gasteiger partial charge in [-0.3, -0.25) is 14.9 Å². The van der Waals surface area contributed by atoms with Crippen LogP contribution in [0.2, 0.25) is 0 Å². The standard InChI is InChI=1S/C13H16N2O4S/c1-8-3-4-10(5-9(8)2)20-7-12(17)19-6-11(16)15-13(14)18/h3-5H,6-7H2,1-2H3,(H3,14,15,16,18). The number of benzene rings is 1. The van der Waals surface area contributed by atoms with Crippen molar-refractivity contribution in [3.63, 3.8) is 0 Å². The lowest BCUT2D eigenvalue weighted by molar-refractivity contribution is -0.145. The molecule has 0 saturated carbocycles. The molecule has 0 saturated heterocycles. The third kappa shape index (κ3) is 5.75. The number of esters is 1. The number of thioether (sulfide) groups is 1. The Hall–Kier alpha value is -2.02. The molecular formula is C13H16N2O4S. The largest absolute Gasteiger partial charge is 0.455 e. The Labute approximate surface area is 121 Å². The van der Waals surface area contributed by atoms with Crippen LogP contribution in [-0.4, -0.2) is 30.3 Å². The number of carbonyl (C=O) groups is 3. The minimum Gasteiger partial charge on any atom is -0.455 e. The molecule has 0 fully saturated rings. The molecular weight excluding hydrogens is 280 g/mol. The number of urea groups is 1. The maximum absolute atomic E-state index is 11.4. The van der Waals surface area contributed by atoms with Gasteiger partial charge < -0.3 is 10.5 Å². The van der Waals surface area contributed by atoms with Gasteiger partial charge in [0.2, 0.25) is 0 Å². The predicted molar refractivity (Wildman–Crippen MR) is 75.3 cm³/mol. The monoisotopic (exact) mass is 296 g/mol. The molecule has 0 unspecified atom stereocenters. The number of ether oxygens (including phenoxy) is 1. The van der Waals surface area contributed by atoms with E-state index in [1.54, 1.807) is 5.32 Å². The highest BCUT2D eigenvalue weighted by Gasteiger charge is 2.09. The van der Waals surface area contributed by atoms with Crippen LogP contribution >= 0.6 is 11.8 Å². The van der Waals surface area contributed by atoms with Gasteiger partial charge in [0.1, 0.15) is 0 Å². The van der Waals surface area contributed by atoms with Crippen LogP contribution in [0, 0.1) is 13.8 Å². The summed E-state index contributed by atoms with van der Waals surface area (Å²) in [5.41, 5.74) is 7.07. The third-order valence-electron chi connectivity index (χ3n) is 2.46. The molecule has 6 nitrogen and oxygen atoms in total. The average molecular weight is 296 g/mol. The highest BCUT2D eigenvalue weighted by atomic mass is 32.2. The van der Waals surface area contributed by atoms with Crippen LogP contribution in [0.4, 0.5) is 4.79 Å². The average Bonchev–Trinajstić information content (AvgIpc) is 2.37. The molecule has 0 aliphatic rings. The molecule has 0 heterocycles. The number of rotatable bonds is 5. The molecule has 0 bridgehead atoms. The van der Waals surface area contributed by atoms with Gasteiger partial charge in [-0.15, -0.1) is 11.8 Å². The summed E-state index contributed by atoms with van der Waals surface area (Å²) >= 11 is 1.32. The summed E-state index contributed by atoms with van der Waals surface area (Å²) in [7, 11) is 0. The van der Waals surface area contributed by atoms with Crippen LogP contribution in [0.3, 0.4) is 0 Å². The van der Waals surface area contributed by atoms with Gasteiger partial charge in [0.15, 0.2) is 6.61 Å². The maximum Gasteiger partial charge on any atom is 0.318 e. The molecule has 0 aromatic heterocycles. The van der Waals surface area contributed by atoms with Crippen LogP contribution in [0.15, 0.2) is 23.1 Å². The smallest absolute Gasteiger partial charge is 0.318 e. The van der Waals surface area contributed by atoms with E-state index in [0.717, 1.165) is 10.5 Å². The zero-order valence-electron chi connectivity index (χ0n) is 11.3. The molecule has 3 amide bonds. The number of aryl methyl sites for hydroxylation is 2. The summed E-state index contributed by atoms with van der Waals surface area (Å²) in [5, 5.41) is 1.80. The van der Waals surface area contributed by atoms with Gasteiger partial charge in [-0.1, -0.05) is 6.07 Å². The van der Waals surface area contributed by atoms with Gasteiger partial charge in [0, 0.05) is 4.90 Å². The first kappa shape index (κ1) is 16.0. The summed E-state index contributed by atoms with van der Waals surface area (Å²) in [6, 6.07) is 4.90. The Balaban J connectivity index is 2.34. The van der Waals surface area contributed by atoms with Gasteiger partial charge in [0.05, 0.1) is 5.75 Å². The van der Waals surface area contributed by atoms with E-state index >= 15 is 0 Å². The Morgan fingerprint density at radius 2 is 1.95 bits per heavy atom. The number of hydrogen-bond donors (Lipinski definition) is 2. The van der Waals surface area contributed by atoms with E-state index in [9.17, 15) is 14.4 Å². The van der Waals surface area contributed by atoms with Crippen molar-refractivity contribution in [3.05, 3.63) is 29.3 Å². The van der Waals surface area contributed by atoms with Crippen molar-refractivity contribution in [1.29, 1.82) is 0 Å². The van der Waals surface area contributed by atoms with Crippen molar-refractivity contribution in [1.82, 2.24) is 5.32 Å². The van der Waals surface area contributed by atoms with Crippen LogP contribution in [0.25, 0.3) is 0 Å². The van der Waals surface area contributed by atoms with Crippen LogP contribution < -0.4 is 11.1 Å². The maximum atomic E-state index is 11.4. The normalized spacial score (nSPS) is 9.90. The molecule has 0 radical (unpaired) electrons. The Morgan fingerprint density at radius 3 is 2.55 bits per heavy atom.